The third kappa shape index (κ3) is 2.59. The largest absolute Gasteiger partial charge is 0.438 e. The summed E-state index contributed by atoms with van der Waals surface area (Å²) in [6.45, 7) is 0. The van der Waals surface area contributed by atoms with E-state index in [-0.39, 0.29) is 0 Å². The second-order valence-corrected chi connectivity index (χ2v) is 7.11. The average Bonchev–Trinajstić information content (AvgIpc) is 3.15. The molecule has 0 saturated carbocycles. The molecule has 0 aliphatic heterocycles. The Bertz CT molecular complexity index is 1490. The quantitative estimate of drug-likeness (QED) is 0.333. The van der Waals surface area contributed by atoms with Crippen LogP contribution in [0.1, 0.15) is 0 Å². The van der Waals surface area contributed by atoms with Crippen molar-refractivity contribution >= 4 is 32.8 Å². The monoisotopic (exact) mass is 372 g/mol. The third-order valence-corrected chi connectivity index (χ3v) is 5.28. The highest BCUT2D eigenvalue weighted by Gasteiger charge is 2.18. The maximum Gasteiger partial charge on any atom is 0.231 e. The molecule has 2 heterocycles. The van der Waals surface area contributed by atoms with Gasteiger partial charge in [-0.05, 0) is 22.9 Å². The molecule has 3 nitrogen and oxygen atoms in total. The lowest BCUT2D eigenvalue weighted by Gasteiger charge is -2.06. The molecule has 4 aromatic carbocycles. The molecule has 0 aliphatic carbocycles. The smallest absolute Gasteiger partial charge is 0.231 e. The zero-order valence-corrected chi connectivity index (χ0v) is 15.5. The van der Waals surface area contributed by atoms with Gasteiger partial charge in [0, 0.05) is 16.5 Å². The minimum absolute atomic E-state index is 0.614. The summed E-state index contributed by atoms with van der Waals surface area (Å²) >= 11 is 0. The number of benzene rings is 4. The van der Waals surface area contributed by atoms with E-state index in [0.717, 1.165) is 38.6 Å². The number of rotatable bonds is 2. The van der Waals surface area contributed by atoms with Crippen LogP contribution in [-0.2, 0) is 0 Å². The van der Waals surface area contributed by atoms with E-state index >= 15 is 0 Å². The topological polar surface area (TPSA) is 38.9 Å². The van der Waals surface area contributed by atoms with E-state index < -0.39 is 0 Å². The summed E-state index contributed by atoms with van der Waals surface area (Å²) in [5, 5.41) is 4.32. The van der Waals surface area contributed by atoms with Crippen molar-refractivity contribution in [2.75, 3.05) is 0 Å². The second-order valence-electron chi connectivity index (χ2n) is 7.11. The molecule has 0 aliphatic rings. The second kappa shape index (κ2) is 6.28. The van der Waals surface area contributed by atoms with Gasteiger partial charge >= 0.3 is 0 Å². The molecule has 29 heavy (non-hydrogen) atoms. The molecule has 3 heteroatoms. The van der Waals surface area contributed by atoms with Gasteiger partial charge in [0.1, 0.15) is 5.58 Å². The van der Waals surface area contributed by atoms with Crippen LogP contribution in [0.25, 0.3) is 55.5 Å². The van der Waals surface area contributed by atoms with Crippen molar-refractivity contribution in [2.45, 2.75) is 0 Å². The molecular weight excluding hydrogens is 356 g/mol. The molecule has 0 fully saturated rings. The summed E-state index contributed by atoms with van der Waals surface area (Å²) < 4.78 is 6.23. The van der Waals surface area contributed by atoms with E-state index in [2.05, 4.69) is 42.5 Å². The summed E-state index contributed by atoms with van der Waals surface area (Å²) in [4.78, 5) is 9.75. The van der Waals surface area contributed by atoms with Gasteiger partial charge in [0.15, 0.2) is 5.82 Å². The molecule has 0 amide bonds. The molecule has 0 unspecified atom stereocenters. The van der Waals surface area contributed by atoms with Gasteiger partial charge in [0.05, 0.1) is 11.1 Å². The van der Waals surface area contributed by atoms with Gasteiger partial charge in [-0.25, -0.2) is 4.98 Å². The lowest BCUT2D eigenvalue weighted by molar-refractivity contribution is 0.654. The Hall–Kier alpha value is -3.98. The van der Waals surface area contributed by atoms with Crippen molar-refractivity contribution in [3.05, 3.63) is 97.1 Å². The maximum atomic E-state index is 6.23. The number of furan rings is 1. The highest BCUT2D eigenvalue weighted by Crippen LogP contribution is 2.37. The fourth-order valence-corrected chi connectivity index (χ4v) is 3.88. The average molecular weight is 372 g/mol. The maximum absolute atomic E-state index is 6.23. The standard InChI is InChI=1S/C26H16N2O/c1-3-9-17(10-4-1)24-23-21-15-19-13-7-8-14-20(19)16-22(21)29-26(23)28-25(27-24)18-11-5-2-6-12-18/h1-16H. The van der Waals surface area contributed by atoms with E-state index in [9.17, 15) is 0 Å². The van der Waals surface area contributed by atoms with Crippen LogP contribution < -0.4 is 0 Å². The molecule has 6 aromatic rings. The minimum atomic E-state index is 0.614. The summed E-state index contributed by atoms with van der Waals surface area (Å²) in [5.41, 5.74) is 4.35. The van der Waals surface area contributed by atoms with Crippen molar-refractivity contribution in [1.29, 1.82) is 0 Å². The summed E-state index contributed by atoms with van der Waals surface area (Å²) in [6, 6.07) is 32.8. The van der Waals surface area contributed by atoms with Gasteiger partial charge in [-0.3, -0.25) is 0 Å². The Balaban J connectivity index is 1.75. The van der Waals surface area contributed by atoms with Gasteiger partial charge in [-0.1, -0.05) is 84.9 Å². The van der Waals surface area contributed by atoms with Crippen LogP contribution in [0, 0.1) is 0 Å². The Morgan fingerprint density at radius 1 is 0.586 bits per heavy atom. The fraction of sp³-hybridized carbons (Fsp3) is 0. The molecular formula is C26H16N2O. The fourth-order valence-electron chi connectivity index (χ4n) is 3.88. The van der Waals surface area contributed by atoms with E-state index in [0.29, 0.717) is 11.5 Å². The molecule has 2 aromatic heterocycles. The molecule has 0 radical (unpaired) electrons. The molecule has 0 saturated heterocycles. The molecule has 0 atom stereocenters. The normalized spacial score (nSPS) is 11.4. The van der Waals surface area contributed by atoms with Crippen molar-refractivity contribution in [2.24, 2.45) is 0 Å². The van der Waals surface area contributed by atoms with Crippen LogP contribution >= 0.6 is 0 Å². The Labute approximate surface area is 167 Å². The summed E-state index contributed by atoms with van der Waals surface area (Å²) in [5.74, 6) is 0.667. The number of hydrogen-bond donors (Lipinski definition) is 0. The minimum Gasteiger partial charge on any atom is -0.438 e. The highest BCUT2D eigenvalue weighted by atomic mass is 16.3. The Kier molecular flexibility index (Phi) is 3.47. The zero-order chi connectivity index (χ0) is 19.2. The van der Waals surface area contributed by atoms with Gasteiger partial charge in [0.2, 0.25) is 5.71 Å². The lowest BCUT2D eigenvalue weighted by Crippen LogP contribution is -1.93. The molecule has 6 rings (SSSR count). The number of fused-ring (bicyclic) bond motifs is 4. The van der Waals surface area contributed by atoms with Gasteiger partial charge < -0.3 is 4.42 Å². The number of aromatic nitrogens is 2. The van der Waals surface area contributed by atoms with E-state index in [4.69, 9.17) is 14.4 Å². The van der Waals surface area contributed by atoms with Crippen molar-refractivity contribution < 1.29 is 4.42 Å². The summed E-state index contributed by atoms with van der Waals surface area (Å²) in [7, 11) is 0. The first-order valence-corrected chi connectivity index (χ1v) is 9.61. The van der Waals surface area contributed by atoms with Gasteiger partial charge in [-0.2, -0.15) is 4.98 Å². The van der Waals surface area contributed by atoms with Crippen molar-refractivity contribution in [3.63, 3.8) is 0 Å². The number of hydrogen-bond acceptors (Lipinski definition) is 3. The lowest BCUT2D eigenvalue weighted by atomic mass is 10.0. The van der Waals surface area contributed by atoms with Gasteiger partial charge in [-0.15, -0.1) is 0 Å². The van der Waals surface area contributed by atoms with E-state index in [1.807, 2.05) is 54.6 Å². The Morgan fingerprint density at radius 3 is 1.93 bits per heavy atom. The molecule has 0 bridgehead atoms. The first kappa shape index (κ1) is 16.0. The van der Waals surface area contributed by atoms with Crippen LogP contribution in [0.4, 0.5) is 0 Å². The van der Waals surface area contributed by atoms with E-state index in [1.165, 1.54) is 5.39 Å². The molecule has 0 N–H and O–H groups in total. The first-order chi connectivity index (χ1) is 14.4. The third-order valence-electron chi connectivity index (χ3n) is 5.28. The predicted octanol–water partition coefficient (Wildman–Crippen LogP) is 6.86. The van der Waals surface area contributed by atoms with Crippen LogP contribution in [0.15, 0.2) is 101 Å². The predicted molar refractivity (Wildman–Crippen MR) is 118 cm³/mol. The summed E-state index contributed by atoms with van der Waals surface area (Å²) in [6.07, 6.45) is 0. The highest BCUT2D eigenvalue weighted by molar-refractivity contribution is 6.14. The van der Waals surface area contributed by atoms with Crippen molar-refractivity contribution in [3.8, 4) is 22.6 Å². The zero-order valence-electron chi connectivity index (χ0n) is 15.5. The SMILES string of the molecule is c1ccc(-c2nc(-c3ccccc3)c3c(n2)oc2cc4ccccc4cc23)cc1. The molecule has 136 valence electrons. The number of nitrogens with zero attached hydrogens (tertiary/aromatic N) is 2. The van der Waals surface area contributed by atoms with Crippen LogP contribution in [0.2, 0.25) is 0 Å². The van der Waals surface area contributed by atoms with Crippen LogP contribution in [-0.4, -0.2) is 9.97 Å². The van der Waals surface area contributed by atoms with Crippen LogP contribution in [0.5, 0.6) is 0 Å². The van der Waals surface area contributed by atoms with E-state index in [1.54, 1.807) is 0 Å². The first-order valence-electron chi connectivity index (χ1n) is 9.61. The van der Waals surface area contributed by atoms with Gasteiger partial charge in [0.25, 0.3) is 0 Å². The van der Waals surface area contributed by atoms with Crippen LogP contribution in [0.3, 0.4) is 0 Å². The Morgan fingerprint density at radius 2 is 1.21 bits per heavy atom. The molecule has 0 spiro atoms. The van der Waals surface area contributed by atoms with Crippen molar-refractivity contribution in [1.82, 2.24) is 9.97 Å².